The summed E-state index contributed by atoms with van der Waals surface area (Å²) in [4.78, 5) is 31.8. The number of carbonyl (C=O) groups excluding carboxylic acids is 1. The number of aromatic nitrogens is 4. The fourth-order valence-corrected chi connectivity index (χ4v) is 7.49. The number of nitrogens with zero attached hydrogens (tertiary/aromatic N) is 6. The topological polar surface area (TPSA) is 130 Å². The second-order valence-corrected chi connectivity index (χ2v) is 14.0. The van der Waals surface area contributed by atoms with Crippen LogP contribution in [0.2, 0.25) is 10.0 Å². The molecule has 2 fully saturated rings. The molecule has 2 aromatic carbocycles. The summed E-state index contributed by atoms with van der Waals surface area (Å²) >= 11 is 14.2. The van der Waals surface area contributed by atoms with E-state index < -0.39 is 0 Å². The molecule has 0 unspecified atom stereocenters. The van der Waals surface area contributed by atoms with Gasteiger partial charge in [0.25, 0.3) is 5.56 Å². The number of carbonyl (C=O) groups is 1. The number of halogens is 2. The number of hydrogen-bond acceptors (Lipinski definition) is 8. The Morgan fingerprint density at radius 2 is 1.76 bits per heavy atom. The molecule has 2 aliphatic rings. The SMILES string of the molecule is COc1nc(-c2cccc(-c3cccc(-c4cc5c(=O)n(C)c(CN6CC(C)(C#N)C6)nn5c4)c3Cl)c2Cl)ccc1CNC[C@H]1CCC(=O)N1. The quantitative estimate of drug-likeness (QED) is 0.196. The number of hydrogen-bond donors (Lipinski definition) is 2. The molecule has 1 atom stereocenters. The zero-order valence-corrected chi connectivity index (χ0v) is 29.5. The van der Waals surface area contributed by atoms with Gasteiger partial charge in [0, 0.05) is 85.3 Å². The van der Waals surface area contributed by atoms with Gasteiger partial charge in [-0.3, -0.25) is 19.1 Å². The standard InChI is InChI=1S/C37H36Cl2N8O3/c1-37(19-40)20-46(21-37)18-31-44-47-17-23(14-30(47)36(49)45(31)2)25-6-4-7-26(33(25)38)27-8-5-9-28(34(27)39)29-12-10-22(35(43-29)50-3)15-41-16-24-11-13-32(48)42-24/h4-10,12,14,17,24,41H,11,13,15-16,18,20-21H2,1-3H3,(H,42,48)/t24-/m1/s1. The highest BCUT2D eigenvalue weighted by atomic mass is 35.5. The van der Waals surface area contributed by atoms with Crippen molar-refractivity contribution >= 4 is 34.6 Å². The van der Waals surface area contributed by atoms with Gasteiger partial charge in [0.05, 0.1) is 40.9 Å². The summed E-state index contributed by atoms with van der Waals surface area (Å²) in [5, 5.41) is 21.5. The summed E-state index contributed by atoms with van der Waals surface area (Å²) in [6, 6.07) is 19.6. The molecule has 0 saturated carbocycles. The van der Waals surface area contributed by atoms with Crippen LogP contribution >= 0.6 is 23.2 Å². The molecule has 2 N–H and O–H groups in total. The molecule has 2 saturated heterocycles. The first-order valence-corrected chi connectivity index (χ1v) is 17.2. The van der Waals surface area contributed by atoms with Gasteiger partial charge >= 0.3 is 0 Å². The lowest BCUT2D eigenvalue weighted by Crippen LogP contribution is -2.53. The maximum absolute atomic E-state index is 13.4. The van der Waals surface area contributed by atoms with Gasteiger partial charge in [-0.15, -0.1) is 0 Å². The lowest BCUT2D eigenvalue weighted by Gasteiger charge is -2.43. The van der Waals surface area contributed by atoms with Crippen molar-refractivity contribution < 1.29 is 9.53 Å². The van der Waals surface area contributed by atoms with Crippen molar-refractivity contribution in [1.82, 2.24) is 34.7 Å². The molecule has 5 aromatic rings. The van der Waals surface area contributed by atoms with E-state index in [4.69, 9.17) is 38.0 Å². The third kappa shape index (κ3) is 6.36. The molecule has 1 amide bonds. The lowest BCUT2D eigenvalue weighted by molar-refractivity contribution is -0.119. The predicted octanol–water partition coefficient (Wildman–Crippen LogP) is 5.46. The van der Waals surface area contributed by atoms with Crippen molar-refractivity contribution in [2.45, 2.75) is 38.9 Å². The first-order valence-electron chi connectivity index (χ1n) is 16.4. The van der Waals surface area contributed by atoms with Gasteiger partial charge in [0.1, 0.15) is 11.3 Å². The number of fused-ring (bicyclic) bond motifs is 1. The van der Waals surface area contributed by atoms with Gasteiger partial charge in [-0.1, -0.05) is 65.7 Å². The van der Waals surface area contributed by atoms with Crippen LogP contribution in [0.3, 0.4) is 0 Å². The summed E-state index contributed by atoms with van der Waals surface area (Å²) in [5.41, 5.74) is 5.13. The van der Waals surface area contributed by atoms with Crippen molar-refractivity contribution in [3.8, 4) is 45.5 Å². The molecule has 0 aliphatic carbocycles. The number of nitrogens with one attached hydrogen (secondary N) is 2. The van der Waals surface area contributed by atoms with Crippen LogP contribution in [0.25, 0.3) is 39.0 Å². The lowest BCUT2D eigenvalue weighted by atomic mass is 9.84. The minimum absolute atomic E-state index is 0.0917. The van der Waals surface area contributed by atoms with E-state index in [1.54, 1.807) is 29.3 Å². The van der Waals surface area contributed by atoms with E-state index in [9.17, 15) is 14.9 Å². The largest absolute Gasteiger partial charge is 0.481 e. The van der Waals surface area contributed by atoms with Crippen LogP contribution in [0.1, 0.15) is 31.2 Å². The Kier molecular flexibility index (Phi) is 9.13. The van der Waals surface area contributed by atoms with Crippen LogP contribution in [-0.4, -0.2) is 62.8 Å². The molecule has 13 heteroatoms. The van der Waals surface area contributed by atoms with Gasteiger partial charge in [-0.25, -0.2) is 9.50 Å². The predicted molar refractivity (Wildman–Crippen MR) is 193 cm³/mol. The second kappa shape index (κ2) is 13.5. The smallest absolute Gasteiger partial charge is 0.277 e. The first kappa shape index (κ1) is 33.8. The molecule has 3 aromatic heterocycles. The van der Waals surface area contributed by atoms with Crippen molar-refractivity contribution in [3.05, 3.63) is 92.6 Å². The number of amides is 1. The Labute approximate surface area is 299 Å². The minimum Gasteiger partial charge on any atom is -0.481 e. The number of likely N-dealkylation sites (tertiary alicyclic amines) is 1. The Bertz CT molecular complexity index is 2230. The Hall–Kier alpha value is -4.73. The zero-order chi connectivity index (χ0) is 35.2. The van der Waals surface area contributed by atoms with Crippen molar-refractivity contribution in [2.75, 3.05) is 26.7 Å². The monoisotopic (exact) mass is 710 g/mol. The summed E-state index contributed by atoms with van der Waals surface area (Å²) in [6.45, 7) is 4.88. The van der Waals surface area contributed by atoms with Gasteiger partial charge in [0.2, 0.25) is 11.8 Å². The van der Waals surface area contributed by atoms with E-state index in [-0.39, 0.29) is 22.9 Å². The Morgan fingerprint density at radius 1 is 1.06 bits per heavy atom. The Morgan fingerprint density at radius 3 is 2.44 bits per heavy atom. The molecule has 7 rings (SSSR count). The molecular weight excluding hydrogens is 675 g/mol. The van der Waals surface area contributed by atoms with E-state index in [0.717, 1.165) is 39.8 Å². The zero-order valence-electron chi connectivity index (χ0n) is 28.0. The highest BCUT2D eigenvalue weighted by Crippen LogP contribution is 2.42. The van der Waals surface area contributed by atoms with Crippen LogP contribution in [-0.2, 0) is 24.9 Å². The van der Waals surface area contributed by atoms with E-state index in [1.165, 1.54) is 0 Å². The van der Waals surface area contributed by atoms with E-state index in [1.807, 2.05) is 61.7 Å². The summed E-state index contributed by atoms with van der Waals surface area (Å²) in [7, 11) is 3.31. The summed E-state index contributed by atoms with van der Waals surface area (Å²) in [6.07, 6.45) is 3.21. The molecule has 5 heterocycles. The first-order chi connectivity index (χ1) is 24.1. The second-order valence-electron chi connectivity index (χ2n) is 13.3. The van der Waals surface area contributed by atoms with Crippen LogP contribution < -0.4 is 20.9 Å². The highest BCUT2D eigenvalue weighted by molar-refractivity contribution is 6.39. The third-order valence-corrected chi connectivity index (χ3v) is 10.3. The number of rotatable bonds is 10. The highest BCUT2D eigenvalue weighted by Gasteiger charge is 2.39. The molecule has 2 aliphatic heterocycles. The molecule has 0 bridgehead atoms. The van der Waals surface area contributed by atoms with Crippen molar-refractivity contribution in [3.63, 3.8) is 0 Å². The number of ether oxygens (including phenoxy) is 1. The molecule has 50 heavy (non-hydrogen) atoms. The third-order valence-electron chi connectivity index (χ3n) is 9.51. The number of pyridine rings is 1. The van der Waals surface area contributed by atoms with Crippen LogP contribution in [0, 0.1) is 16.7 Å². The average Bonchev–Trinajstić information content (AvgIpc) is 3.72. The van der Waals surface area contributed by atoms with Gasteiger partial charge < -0.3 is 15.4 Å². The van der Waals surface area contributed by atoms with Crippen LogP contribution in [0.4, 0.5) is 0 Å². The molecule has 256 valence electrons. The fourth-order valence-electron chi connectivity index (χ4n) is 6.83. The molecule has 11 nitrogen and oxygen atoms in total. The maximum Gasteiger partial charge on any atom is 0.277 e. The number of nitriles is 1. The van der Waals surface area contributed by atoms with Gasteiger partial charge in [-0.05, 0) is 25.5 Å². The van der Waals surface area contributed by atoms with Gasteiger partial charge in [0.15, 0.2) is 0 Å². The Balaban J connectivity index is 1.15. The van der Waals surface area contributed by atoms with E-state index >= 15 is 0 Å². The van der Waals surface area contributed by atoms with E-state index in [0.29, 0.717) is 72.1 Å². The molecular formula is C37H36Cl2N8O3. The summed E-state index contributed by atoms with van der Waals surface area (Å²) in [5.74, 6) is 1.19. The summed E-state index contributed by atoms with van der Waals surface area (Å²) < 4.78 is 8.82. The van der Waals surface area contributed by atoms with Crippen molar-refractivity contribution in [1.29, 1.82) is 5.26 Å². The minimum atomic E-state index is -0.364. The van der Waals surface area contributed by atoms with Crippen LogP contribution in [0.5, 0.6) is 5.88 Å². The average molecular weight is 712 g/mol. The number of methoxy groups -OCH3 is 1. The maximum atomic E-state index is 13.4. The normalized spacial score (nSPS) is 17.0. The number of benzene rings is 2. The van der Waals surface area contributed by atoms with Crippen molar-refractivity contribution in [2.24, 2.45) is 12.5 Å². The molecule has 0 radical (unpaired) electrons. The van der Waals surface area contributed by atoms with E-state index in [2.05, 4.69) is 21.6 Å². The van der Waals surface area contributed by atoms with Crippen LogP contribution in [0.15, 0.2) is 65.6 Å². The molecule has 0 spiro atoms. The fraction of sp³-hybridized carbons (Fsp3) is 0.324. The van der Waals surface area contributed by atoms with Gasteiger partial charge in [-0.2, -0.15) is 10.4 Å².